The van der Waals surface area contributed by atoms with Crippen LogP contribution in [-0.4, -0.2) is 9.55 Å². The van der Waals surface area contributed by atoms with Gasteiger partial charge >= 0.3 is 5.69 Å². The van der Waals surface area contributed by atoms with E-state index in [1.807, 2.05) is 31.2 Å². The summed E-state index contributed by atoms with van der Waals surface area (Å²) in [6.45, 7) is 2.50. The molecule has 0 radical (unpaired) electrons. The Morgan fingerprint density at radius 3 is 2.94 bits per heavy atom. The van der Waals surface area contributed by atoms with Crippen molar-refractivity contribution in [1.82, 2.24) is 9.55 Å². The van der Waals surface area contributed by atoms with Crippen LogP contribution >= 0.6 is 0 Å². The molecule has 0 saturated carbocycles. The highest BCUT2D eigenvalue weighted by Gasteiger charge is 2.06. The first-order chi connectivity index (χ1) is 7.76. The lowest BCUT2D eigenvalue weighted by Gasteiger charge is -2.06. The van der Waals surface area contributed by atoms with Crippen LogP contribution in [0.25, 0.3) is 5.69 Å². The molecule has 2 aromatic rings. The maximum Gasteiger partial charge on any atom is 0.330 e. The fraction of sp³-hybridized carbons (Fsp3) is 0.250. The van der Waals surface area contributed by atoms with Gasteiger partial charge in [-0.25, -0.2) is 4.79 Å². The van der Waals surface area contributed by atoms with Gasteiger partial charge in [0.15, 0.2) is 0 Å². The Morgan fingerprint density at radius 1 is 1.44 bits per heavy atom. The van der Waals surface area contributed by atoms with E-state index in [1.54, 1.807) is 10.8 Å². The van der Waals surface area contributed by atoms with Gasteiger partial charge in [0.1, 0.15) is 0 Å². The number of nitrogens with two attached hydrogens (primary N) is 1. The zero-order valence-electron chi connectivity index (χ0n) is 9.23. The normalized spacial score (nSPS) is 10.6. The van der Waals surface area contributed by atoms with Crippen molar-refractivity contribution in [3.8, 4) is 5.69 Å². The molecule has 3 N–H and O–H groups in total. The highest BCUT2D eigenvalue weighted by molar-refractivity contribution is 5.37. The second-order valence-electron chi connectivity index (χ2n) is 3.65. The van der Waals surface area contributed by atoms with Gasteiger partial charge < -0.3 is 10.7 Å². The molecule has 16 heavy (non-hydrogen) atoms. The molecule has 0 saturated heterocycles. The largest absolute Gasteiger partial charge is 0.330 e. The molecule has 0 fully saturated rings. The first-order valence-corrected chi connectivity index (χ1v) is 5.35. The molecule has 0 amide bonds. The molecule has 0 unspecified atom stereocenters. The van der Waals surface area contributed by atoms with Crippen LogP contribution in [0.1, 0.15) is 18.2 Å². The summed E-state index contributed by atoms with van der Waals surface area (Å²) in [4.78, 5) is 14.4. The lowest BCUT2D eigenvalue weighted by molar-refractivity contribution is 0.895. The zero-order chi connectivity index (χ0) is 11.5. The summed E-state index contributed by atoms with van der Waals surface area (Å²) >= 11 is 0. The molecule has 0 aliphatic carbocycles. The van der Waals surface area contributed by atoms with Crippen LogP contribution in [0.5, 0.6) is 0 Å². The Bertz CT molecular complexity index is 539. The van der Waals surface area contributed by atoms with Crippen LogP contribution < -0.4 is 11.4 Å². The van der Waals surface area contributed by atoms with Gasteiger partial charge in [-0.15, -0.1) is 0 Å². The minimum atomic E-state index is -0.106. The Kier molecular flexibility index (Phi) is 2.92. The van der Waals surface area contributed by atoms with Crippen molar-refractivity contribution in [3.05, 3.63) is 52.2 Å². The summed E-state index contributed by atoms with van der Waals surface area (Å²) in [5, 5.41) is 0. The summed E-state index contributed by atoms with van der Waals surface area (Å²) in [7, 11) is 0. The molecule has 4 heteroatoms. The van der Waals surface area contributed by atoms with E-state index in [0.29, 0.717) is 6.54 Å². The third-order valence-corrected chi connectivity index (χ3v) is 2.62. The number of rotatable bonds is 3. The van der Waals surface area contributed by atoms with Crippen LogP contribution in [0.3, 0.4) is 0 Å². The van der Waals surface area contributed by atoms with Gasteiger partial charge in [-0.2, -0.15) is 0 Å². The van der Waals surface area contributed by atoms with Crippen LogP contribution in [0.4, 0.5) is 0 Å². The number of imidazole rings is 1. The average molecular weight is 217 g/mol. The third-order valence-electron chi connectivity index (χ3n) is 2.62. The standard InChI is InChI=1S/C12H15N3O/c1-2-10-8-14-12(16)15(10)11-5-3-4-9(6-11)7-13/h3-6,8H,2,7,13H2,1H3,(H,14,16). The summed E-state index contributed by atoms with van der Waals surface area (Å²) in [5.74, 6) is 0. The van der Waals surface area contributed by atoms with E-state index in [-0.39, 0.29) is 5.69 Å². The fourth-order valence-corrected chi connectivity index (χ4v) is 1.77. The van der Waals surface area contributed by atoms with E-state index >= 15 is 0 Å². The number of hydrogen-bond donors (Lipinski definition) is 2. The number of aryl methyl sites for hydroxylation is 1. The SMILES string of the molecule is CCc1c[nH]c(=O)n1-c1cccc(CN)c1. The monoisotopic (exact) mass is 217 g/mol. The number of aromatic nitrogens is 2. The van der Waals surface area contributed by atoms with Crippen LogP contribution in [0, 0.1) is 0 Å². The number of aromatic amines is 1. The quantitative estimate of drug-likeness (QED) is 0.811. The van der Waals surface area contributed by atoms with Crippen molar-refractivity contribution in [2.45, 2.75) is 19.9 Å². The van der Waals surface area contributed by atoms with Gasteiger partial charge in [0.05, 0.1) is 5.69 Å². The molecule has 84 valence electrons. The van der Waals surface area contributed by atoms with E-state index in [9.17, 15) is 4.79 Å². The molecular weight excluding hydrogens is 202 g/mol. The molecule has 0 spiro atoms. The molecule has 4 nitrogen and oxygen atoms in total. The number of nitrogens with zero attached hydrogens (tertiary/aromatic N) is 1. The first-order valence-electron chi connectivity index (χ1n) is 5.35. The van der Waals surface area contributed by atoms with Crippen LogP contribution in [-0.2, 0) is 13.0 Å². The summed E-state index contributed by atoms with van der Waals surface area (Å²) in [6.07, 6.45) is 2.56. The number of H-pyrrole nitrogens is 1. The Morgan fingerprint density at radius 2 is 2.25 bits per heavy atom. The Labute approximate surface area is 93.7 Å². The second-order valence-corrected chi connectivity index (χ2v) is 3.65. The minimum Gasteiger partial charge on any atom is -0.326 e. The minimum absolute atomic E-state index is 0.106. The van der Waals surface area contributed by atoms with Crippen molar-refractivity contribution in [1.29, 1.82) is 0 Å². The highest BCUT2D eigenvalue weighted by Crippen LogP contribution is 2.11. The smallest absolute Gasteiger partial charge is 0.326 e. The molecule has 1 aromatic heterocycles. The van der Waals surface area contributed by atoms with Crippen molar-refractivity contribution in [2.24, 2.45) is 5.73 Å². The fourth-order valence-electron chi connectivity index (χ4n) is 1.77. The molecule has 0 aliphatic rings. The zero-order valence-corrected chi connectivity index (χ0v) is 9.23. The van der Waals surface area contributed by atoms with Gasteiger partial charge in [0, 0.05) is 18.4 Å². The predicted molar refractivity (Wildman–Crippen MR) is 63.7 cm³/mol. The van der Waals surface area contributed by atoms with E-state index in [1.165, 1.54) is 0 Å². The van der Waals surface area contributed by atoms with Crippen molar-refractivity contribution in [2.75, 3.05) is 0 Å². The number of nitrogens with one attached hydrogen (secondary N) is 1. The maximum atomic E-state index is 11.7. The first kappa shape index (κ1) is 10.7. The van der Waals surface area contributed by atoms with Gasteiger partial charge in [0.2, 0.25) is 0 Å². The number of benzene rings is 1. The second kappa shape index (κ2) is 4.37. The van der Waals surface area contributed by atoms with Crippen LogP contribution in [0.15, 0.2) is 35.3 Å². The topological polar surface area (TPSA) is 63.8 Å². The molecule has 0 atom stereocenters. The molecule has 0 aliphatic heterocycles. The lowest BCUT2D eigenvalue weighted by atomic mass is 10.2. The maximum absolute atomic E-state index is 11.7. The van der Waals surface area contributed by atoms with Gasteiger partial charge in [-0.3, -0.25) is 4.57 Å². The summed E-state index contributed by atoms with van der Waals surface area (Å²) in [6, 6.07) is 7.71. The molecule has 2 rings (SSSR count). The van der Waals surface area contributed by atoms with Gasteiger partial charge in [-0.05, 0) is 24.1 Å². The van der Waals surface area contributed by atoms with Gasteiger partial charge in [-0.1, -0.05) is 19.1 Å². The predicted octanol–water partition coefficient (Wildman–Crippen LogP) is 1.19. The van der Waals surface area contributed by atoms with Crippen molar-refractivity contribution in [3.63, 3.8) is 0 Å². The van der Waals surface area contributed by atoms with E-state index in [2.05, 4.69) is 4.98 Å². The molecular formula is C12H15N3O. The molecule has 0 bridgehead atoms. The Hall–Kier alpha value is -1.81. The van der Waals surface area contributed by atoms with E-state index in [0.717, 1.165) is 23.4 Å². The Balaban J connectivity index is 2.57. The third kappa shape index (κ3) is 1.79. The van der Waals surface area contributed by atoms with E-state index < -0.39 is 0 Å². The molecule has 1 heterocycles. The summed E-state index contributed by atoms with van der Waals surface area (Å²) < 4.78 is 1.68. The van der Waals surface area contributed by atoms with Gasteiger partial charge in [0.25, 0.3) is 0 Å². The molecule has 1 aromatic carbocycles. The van der Waals surface area contributed by atoms with Crippen LogP contribution in [0.2, 0.25) is 0 Å². The highest BCUT2D eigenvalue weighted by atomic mass is 16.1. The average Bonchev–Trinajstić information content (AvgIpc) is 2.70. The van der Waals surface area contributed by atoms with Crippen molar-refractivity contribution < 1.29 is 0 Å². The van der Waals surface area contributed by atoms with Crippen molar-refractivity contribution >= 4 is 0 Å². The number of hydrogen-bond acceptors (Lipinski definition) is 2. The summed E-state index contributed by atoms with van der Waals surface area (Å²) in [5.41, 5.74) is 8.34. The van der Waals surface area contributed by atoms with E-state index in [4.69, 9.17) is 5.73 Å². The lowest BCUT2D eigenvalue weighted by Crippen LogP contribution is -2.17.